The van der Waals surface area contributed by atoms with Crippen LogP contribution >= 0.6 is 12.4 Å². The van der Waals surface area contributed by atoms with E-state index in [0.717, 1.165) is 63.1 Å². The minimum Gasteiger partial charge on any atom is -0.494 e. The molecule has 1 rings (SSSR count). The molecule has 1 aromatic carbocycles. The molecule has 32 heavy (non-hydrogen) atoms. The molecule has 0 unspecified atom stereocenters. The highest BCUT2D eigenvalue weighted by Gasteiger charge is 2.01. The van der Waals surface area contributed by atoms with Gasteiger partial charge < -0.3 is 29.8 Å². The van der Waals surface area contributed by atoms with Gasteiger partial charge in [-0.15, -0.1) is 12.4 Å². The number of benzene rings is 1. The Bertz CT molecular complexity index is 573. The quantitative estimate of drug-likeness (QED) is 0.247. The second-order valence-electron chi connectivity index (χ2n) is 7.67. The van der Waals surface area contributed by atoms with Crippen molar-refractivity contribution in [2.24, 2.45) is 5.73 Å². The second-order valence-corrected chi connectivity index (χ2v) is 7.67. The van der Waals surface area contributed by atoms with Crippen LogP contribution in [0.1, 0.15) is 69.9 Å². The second kappa shape index (κ2) is 21.5. The molecule has 1 aromatic rings. The molecule has 0 aromatic heterocycles. The molecule has 0 radical (unpaired) electrons. The SMILES string of the molecule is C[C@@H](N)c1cccc(OCCCCCCOCCOCCOCCCCCC(=O)O)c1.Cl. The Balaban J connectivity index is 0.00000961. The molecule has 0 saturated heterocycles. The van der Waals surface area contributed by atoms with Gasteiger partial charge in [0.2, 0.25) is 0 Å². The zero-order valence-electron chi connectivity index (χ0n) is 19.5. The molecular weight excluding hydrogens is 434 g/mol. The zero-order chi connectivity index (χ0) is 22.6. The number of unbranched alkanes of at least 4 members (excludes halogenated alkanes) is 5. The van der Waals surface area contributed by atoms with Crippen LogP contribution < -0.4 is 10.5 Å². The molecule has 0 bridgehead atoms. The Morgan fingerprint density at radius 2 is 1.38 bits per heavy atom. The summed E-state index contributed by atoms with van der Waals surface area (Å²) in [5.74, 6) is 0.154. The van der Waals surface area contributed by atoms with Crippen molar-refractivity contribution in [1.82, 2.24) is 0 Å². The third-order valence-corrected chi connectivity index (χ3v) is 4.76. The highest BCUT2D eigenvalue weighted by atomic mass is 35.5. The topological polar surface area (TPSA) is 100 Å². The molecular formula is C24H42ClNO6. The van der Waals surface area contributed by atoms with Crippen molar-refractivity contribution in [3.8, 4) is 5.75 Å². The Hall–Kier alpha value is -1.38. The summed E-state index contributed by atoms with van der Waals surface area (Å²) >= 11 is 0. The Morgan fingerprint density at radius 1 is 0.844 bits per heavy atom. The minimum absolute atomic E-state index is 0. The summed E-state index contributed by atoms with van der Waals surface area (Å²) in [7, 11) is 0. The number of rotatable bonds is 21. The average molecular weight is 476 g/mol. The lowest BCUT2D eigenvalue weighted by atomic mass is 10.1. The molecule has 0 saturated carbocycles. The lowest BCUT2D eigenvalue weighted by Crippen LogP contribution is -2.10. The van der Waals surface area contributed by atoms with E-state index < -0.39 is 5.97 Å². The molecule has 0 spiro atoms. The summed E-state index contributed by atoms with van der Waals surface area (Å²) in [6.45, 7) is 6.42. The fourth-order valence-corrected chi connectivity index (χ4v) is 2.94. The molecule has 0 aliphatic heterocycles. The van der Waals surface area contributed by atoms with E-state index in [9.17, 15) is 4.79 Å². The van der Waals surface area contributed by atoms with E-state index in [0.29, 0.717) is 39.5 Å². The van der Waals surface area contributed by atoms with E-state index in [1.807, 2.05) is 31.2 Å². The molecule has 0 amide bonds. The highest BCUT2D eigenvalue weighted by Crippen LogP contribution is 2.18. The van der Waals surface area contributed by atoms with Crippen LogP contribution in [0.4, 0.5) is 0 Å². The van der Waals surface area contributed by atoms with Gasteiger partial charge in [0.15, 0.2) is 0 Å². The number of hydrogen-bond donors (Lipinski definition) is 2. The molecule has 0 aliphatic rings. The number of ether oxygens (including phenoxy) is 4. The summed E-state index contributed by atoms with van der Waals surface area (Å²) in [5, 5.41) is 8.54. The molecule has 3 N–H and O–H groups in total. The number of halogens is 1. The lowest BCUT2D eigenvalue weighted by Gasteiger charge is -2.10. The van der Waals surface area contributed by atoms with E-state index in [4.69, 9.17) is 29.8 Å². The number of carboxylic acids is 1. The number of aliphatic carboxylic acids is 1. The van der Waals surface area contributed by atoms with Gasteiger partial charge in [-0.1, -0.05) is 25.0 Å². The molecule has 0 fully saturated rings. The van der Waals surface area contributed by atoms with Crippen molar-refractivity contribution in [1.29, 1.82) is 0 Å². The predicted octanol–water partition coefficient (Wildman–Crippen LogP) is 4.76. The highest BCUT2D eigenvalue weighted by molar-refractivity contribution is 5.85. The summed E-state index contributed by atoms with van der Waals surface area (Å²) < 4.78 is 22.3. The molecule has 0 aliphatic carbocycles. The fraction of sp³-hybridized carbons (Fsp3) is 0.708. The van der Waals surface area contributed by atoms with E-state index >= 15 is 0 Å². The molecule has 0 heterocycles. The first kappa shape index (κ1) is 30.6. The van der Waals surface area contributed by atoms with E-state index in [1.54, 1.807) is 0 Å². The molecule has 8 heteroatoms. The van der Waals surface area contributed by atoms with Crippen LogP contribution in [0.3, 0.4) is 0 Å². The van der Waals surface area contributed by atoms with Crippen molar-refractivity contribution in [2.45, 2.75) is 64.3 Å². The number of carboxylic acid groups (broad SMARTS) is 1. The van der Waals surface area contributed by atoms with Crippen LogP contribution in [0, 0.1) is 0 Å². The van der Waals surface area contributed by atoms with Gasteiger partial charge in [-0.3, -0.25) is 4.79 Å². The van der Waals surface area contributed by atoms with Gasteiger partial charge in [-0.2, -0.15) is 0 Å². The smallest absolute Gasteiger partial charge is 0.303 e. The largest absolute Gasteiger partial charge is 0.494 e. The molecule has 186 valence electrons. The third-order valence-electron chi connectivity index (χ3n) is 4.76. The van der Waals surface area contributed by atoms with Gasteiger partial charge in [-0.25, -0.2) is 0 Å². The van der Waals surface area contributed by atoms with Crippen molar-refractivity contribution < 1.29 is 28.8 Å². The van der Waals surface area contributed by atoms with Crippen LogP contribution in [-0.4, -0.2) is 57.3 Å². The average Bonchev–Trinajstić information content (AvgIpc) is 2.75. The van der Waals surface area contributed by atoms with Gasteiger partial charge in [-0.05, 0) is 56.7 Å². The number of nitrogens with two attached hydrogens (primary N) is 1. The summed E-state index contributed by atoms with van der Waals surface area (Å²) in [6.07, 6.45) is 7.06. The third kappa shape index (κ3) is 18.2. The van der Waals surface area contributed by atoms with E-state index in [1.165, 1.54) is 0 Å². The normalized spacial score (nSPS) is 11.7. The molecule has 7 nitrogen and oxygen atoms in total. The van der Waals surface area contributed by atoms with Crippen molar-refractivity contribution in [2.75, 3.05) is 46.2 Å². The van der Waals surface area contributed by atoms with Gasteiger partial charge in [0, 0.05) is 25.7 Å². The van der Waals surface area contributed by atoms with Crippen LogP contribution in [0.25, 0.3) is 0 Å². The van der Waals surface area contributed by atoms with Gasteiger partial charge in [0.25, 0.3) is 0 Å². The van der Waals surface area contributed by atoms with Crippen LogP contribution in [0.5, 0.6) is 5.75 Å². The van der Waals surface area contributed by atoms with Gasteiger partial charge >= 0.3 is 5.97 Å². The van der Waals surface area contributed by atoms with Crippen molar-refractivity contribution >= 4 is 18.4 Å². The lowest BCUT2D eigenvalue weighted by molar-refractivity contribution is -0.137. The maximum atomic E-state index is 10.4. The fourth-order valence-electron chi connectivity index (χ4n) is 2.94. The number of hydrogen-bond acceptors (Lipinski definition) is 6. The van der Waals surface area contributed by atoms with E-state index in [-0.39, 0.29) is 24.9 Å². The summed E-state index contributed by atoms with van der Waals surface area (Å²) in [6, 6.07) is 8.01. The Kier molecular flexibility index (Phi) is 20.5. The first-order valence-corrected chi connectivity index (χ1v) is 11.5. The van der Waals surface area contributed by atoms with Crippen molar-refractivity contribution in [3.05, 3.63) is 29.8 Å². The monoisotopic (exact) mass is 475 g/mol. The van der Waals surface area contributed by atoms with Crippen LogP contribution in [0.2, 0.25) is 0 Å². The Morgan fingerprint density at radius 3 is 1.94 bits per heavy atom. The predicted molar refractivity (Wildman–Crippen MR) is 129 cm³/mol. The maximum Gasteiger partial charge on any atom is 0.303 e. The minimum atomic E-state index is -0.735. The Labute approximate surface area is 199 Å². The summed E-state index contributed by atoms with van der Waals surface area (Å²) in [4.78, 5) is 10.4. The maximum absolute atomic E-state index is 10.4. The summed E-state index contributed by atoms with van der Waals surface area (Å²) in [5.41, 5.74) is 6.99. The van der Waals surface area contributed by atoms with Crippen LogP contribution in [0.15, 0.2) is 24.3 Å². The van der Waals surface area contributed by atoms with E-state index in [2.05, 4.69) is 0 Å². The van der Waals surface area contributed by atoms with Gasteiger partial charge in [0.1, 0.15) is 5.75 Å². The van der Waals surface area contributed by atoms with Crippen molar-refractivity contribution in [3.63, 3.8) is 0 Å². The first-order chi connectivity index (χ1) is 15.1. The standard InChI is InChI=1S/C24H41NO6.ClH/c1-21(25)22-10-9-11-23(20-22)31-15-8-3-2-6-13-28-16-18-30-19-17-29-14-7-4-5-12-24(26)27;/h9-11,20-21H,2-8,12-19,25H2,1H3,(H,26,27);1H/t21-;/m1./s1. The first-order valence-electron chi connectivity index (χ1n) is 11.5. The van der Waals surface area contributed by atoms with Gasteiger partial charge in [0.05, 0.1) is 33.0 Å². The zero-order valence-corrected chi connectivity index (χ0v) is 20.3. The van der Waals surface area contributed by atoms with Crippen LogP contribution in [-0.2, 0) is 19.0 Å². The molecule has 1 atom stereocenters. The number of carbonyl (C=O) groups is 1.